The number of terminal acetylenes is 1. The molecule has 0 amide bonds. The fraction of sp³-hybridized carbons (Fsp3) is 0. The van der Waals surface area contributed by atoms with E-state index in [-0.39, 0.29) is 5.69 Å². The molecule has 0 bridgehead atoms. The van der Waals surface area contributed by atoms with Gasteiger partial charge in [-0.1, -0.05) is 21.9 Å². The summed E-state index contributed by atoms with van der Waals surface area (Å²) in [7, 11) is 0. The molecular formula is C8H4BrNO2. The second-order valence-corrected chi connectivity index (χ2v) is 2.98. The molecule has 1 aromatic rings. The maximum Gasteiger partial charge on any atom is 0.286 e. The van der Waals surface area contributed by atoms with E-state index in [9.17, 15) is 10.1 Å². The van der Waals surface area contributed by atoms with Crippen LogP contribution in [0.4, 0.5) is 5.69 Å². The van der Waals surface area contributed by atoms with Crippen LogP contribution in [0.5, 0.6) is 0 Å². The minimum absolute atomic E-state index is 0.0492. The summed E-state index contributed by atoms with van der Waals surface area (Å²) >= 11 is 3.12. The highest BCUT2D eigenvalue weighted by Gasteiger charge is 2.11. The van der Waals surface area contributed by atoms with Crippen LogP contribution in [-0.4, -0.2) is 4.92 Å². The van der Waals surface area contributed by atoms with Crippen LogP contribution < -0.4 is 0 Å². The first-order valence-electron chi connectivity index (χ1n) is 3.05. The molecule has 1 rings (SSSR count). The van der Waals surface area contributed by atoms with Crippen LogP contribution in [-0.2, 0) is 0 Å². The first kappa shape index (κ1) is 8.75. The van der Waals surface area contributed by atoms with Gasteiger partial charge in [0.25, 0.3) is 5.69 Å². The highest BCUT2D eigenvalue weighted by Crippen LogP contribution is 2.22. The minimum atomic E-state index is -0.500. The van der Waals surface area contributed by atoms with Crippen molar-refractivity contribution in [1.82, 2.24) is 0 Å². The third kappa shape index (κ3) is 1.63. The van der Waals surface area contributed by atoms with E-state index >= 15 is 0 Å². The molecule has 0 aliphatic rings. The first-order valence-corrected chi connectivity index (χ1v) is 3.85. The molecule has 0 radical (unpaired) electrons. The molecule has 0 heterocycles. The predicted octanol–water partition coefficient (Wildman–Crippen LogP) is 2.34. The van der Waals surface area contributed by atoms with Gasteiger partial charge in [0.15, 0.2) is 0 Å². The van der Waals surface area contributed by atoms with Crippen molar-refractivity contribution in [2.24, 2.45) is 0 Å². The Kier molecular flexibility index (Phi) is 2.46. The van der Waals surface area contributed by atoms with Crippen LogP contribution in [0.2, 0.25) is 0 Å². The Morgan fingerprint density at radius 1 is 1.58 bits per heavy atom. The zero-order valence-electron chi connectivity index (χ0n) is 5.95. The first-order chi connectivity index (χ1) is 5.65. The topological polar surface area (TPSA) is 43.1 Å². The molecule has 1 aromatic carbocycles. The van der Waals surface area contributed by atoms with Gasteiger partial charge in [0.2, 0.25) is 0 Å². The molecular weight excluding hydrogens is 222 g/mol. The van der Waals surface area contributed by atoms with Crippen molar-refractivity contribution in [3.05, 3.63) is 38.3 Å². The van der Waals surface area contributed by atoms with Crippen LogP contribution in [0.15, 0.2) is 22.7 Å². The maximum atomic E-state index is 10.4. The van der Waals surface area contributed by atoms with Crippen molar-refractivity contribution in [2.75, 3.05) is 0 Å². The zero-order chi connectivity index (χ0) is 9.14. The molecule has 0 aromatic heterocycles. The molecule has 0 saturated carbocycles. The second kappa shape index (κ2) is 3.37. The standard InChI is InChI=1S/C8H4BrNO2/c1-2-6-3-4-7(9)5-8(6)10(11)12/h1,3-5H. The summed E-state index contributed by atoms with van der Waals surface area (Å²) in [5.41, 5.74) is 0.245. The lowest BCUT2D eigenvalue weighted by molar-refractivity contribution is -0.385. The zero-order valence-corrected chi connectivity index (χ0v) is 7.54. The Hall–Kier alpha value is -1.34. The molecule has 3 nitrogen and oxygen atoms in total. The van der Waals surface area contributed by atoms with Crippen LogP contribution in [0.3, 0.4) is 0 Å². The van der Waals surface area contributed by atoms with E-state index in [0.29, 0.717) is 10.0 Å². The van der Waals surface area contributed by atoms with Gasteiger partial charge in [0.05, 0.1) is 4.92 Å². The predicted molar refractivity (Wildman–Crippen MR) is 48.7 cm³/mol. The van der Waals surface area contributed by atoms with E-state index in [2.05, 4.69) is 21.9 Å². The third-order valence-corrected chi connectivity index (χ3v) is 1.81. The molecule has 0 spiro atoms. The molecule has 0 fully saturated rings. The fourth-order valence-electron chi connectivity index (χ4n) is 0.778. The quantitative estimate of drug-likeness (QED) is 0.419. The molecule has 0 saturated heterocycles. The van der Waals surface area contributed by atoms with Gasteiger partial charge in [-0.05, 0) is 12.1 Å². The lowest BCUT2D eigenvalue weighted by atomic mass is 10.2. The van der Waals surface area contributed by atoms with E-state index in [0.717, 1.165) is 0 Å². The molecule has 12 heavy (non-hydrogen) atoms. The molecule has 4 heteroatoms. The Morgan fingerprint density at radius 3 is 2.75 bits per heavy atom. The monoisotopic (exact) mass is 225 g/mol. The minimum Gasteiger partial charge on any atom is -0.258 e. The van der Waals surface area contributed by atoms with E-state index < -0.39 is 4.92 Å². The van der Waals surface area contributed by atoms with Crippen molar-refractivity contribution in [1.29, 1.82) is 0 Å². The average Bonchev–Trinajstić information content (AvgIpc) is 2.04. The molecule has 0 aliphatic heterocycles. The molecule has 0 aliphatic carbocycles. The normalized spacial score (nSPS) is 9.00. The lowest BCUT2D eigenvalue weighted by Gasteiger charge is -1.95. The van der Waals surface area contributed by atoms with Gasteiger partial charge in [-0.2, -0.15) is 0 Å². The van der Waals surface area contributed by atoms with Gasteiger partial charge in [-0.3, -0.25) is 10.1 Å². The second-order valence-electron chi connectivity index (χ2n) is 2.06. The average molecular weight is 226 g/mol. The fourth-order valence-corrected chi connectivity index (χ4v) is 1.13. The summed E-state index contributed by atoms with van der Waals surface area (Å²) in [5, 5.41) is 10.4. The number of halogens is 1. The van der Waals surface area contributed by atoms with Gasteiger partial charge < -0.3 is 0 Å². The number of benzene rings is 1. The number of hydrogen-bond acceptors (Lipinski definition) is 2. The van der Waals surface area contributed by atoms with Gasteiger partial charge >= 0.3 is 0 Å². The van der Waals surface area contributed by atoms with Crippen molar-refractivity contribution in [3.8, 4) is 12.3 Å². The molecule has 0 atom stereocenters. The van der Waals surface area contributed by atoms with Crippen molar-refractivity contribution >= 4 is 21.6 Å². The van der Waals surface area contributed by atoms with E-state index in [4.69, 9.17) is 6.42 Å². The van der Waals surface area contributed by atoms with E-state index in [1.807, 2.05) is 0 Å². The van der Waals surface area contributed by atoms with Crippen molar-refractivity contribution in [2.45, 2.75) is 0 Å². The highest BCUT2D eigenvalue weighted by molar-refractivity contribution is 9.10. The molecule has 0 N–H and O–H groups in total. The summed E-state index contributed by atoms with van der Waals surface area (Å²) < 4.78 is 0.646. The van der Waals surface area contributed by atoms with E-state index in [1.54, 1.807) is 6.07 Å². The molecule has 0 unspecified atom stereocenters. The number of hydrogen-bond donors (Lipinski definition) is 0. The third-order valence-electron chi connectivity index (χ3n) is 1.31. The van der Waals surface area contributed by atoms with Gasteiger partial charge in [-0.15, -0.1) is 6.42 Å². The number of nitro groups is 1. The van der Waals surface area contributed by atoms with Crippen LogP contribution in [0, 0.1) is 22.5 Å². The number of rotatable bonds is 1. The Bertz CT molecular complexity index is 368. The van der Waals surface area contributed by atoms with Crippen LogP contribution >= 0.6 is 15.9 Å². The lowest BCUT2D eigenvalue weighted by Crippen LogP contribution is -1.91. The van der Waals surface area contributed by atoms with Gasteiger partial charge in [0.1, 0.15) is 5.56 Å². The maximum absolute atomic E-state index is 10.4. The smallest absolute Gasteiger partial charge is 0.258 e. The summed E-state index contributed by atoms with van der Waals surface area (Å²) in [5.74, 6) is 2.24. The summed E-state index contributed by atoms with van der Waals surface area (Å²) in [4.78, 5) is 9.92. The summed E-state index contributed by atoms with van der Waals surface area (Å²) in [6.45, 7) is 0. The van der Waals surface area contributed by atoms with Gasteiger partial charge in [0, 0.05) is 10.5 Å². The summed E-state index contributed by atoms with van der Waals surface area (Å²) in [6.07, 6.45) is 5.07. The van der Waals surface area contributed by atoms with Crippen molar-refractivity contribution in [3.63, 3.8) is 0 Å². The molecule has 60 valence electrons. The van der Waals surface area contributed by atoms with Crippen LogP contribution in [0.25, 0.3) is 0 Å². The SMILES string of the molecule is C#Cc1ccc(Br)cc1[N+](=O)[O-]. The Labute approximate surface area is 77.7 Å². The van der Waals surface area contributed by atoms with Crippen molar-refractivity contribution < 1.29 is 4.92 Å². The van der Waals surface area contributed by atoms with Gasteiger partial charge in [-0.25, -0.2) is 0 Å². The Morgan fingerprint density at radius 2 is 2.25 bits per heavy atom. The highest BCUT2D eigenvalue weighted by atomic mass is 79.9. The van der Waals surface area contributed by atoms with E-state index in [1.165, 1.54) is 12.1 Å². The number of nitro benzene ring substituents is 1. The number of nitrogens with zero attached hydrogens (tertiary/aromatic N) is 1. The van der Waals surface area contributed by atoms with Crippen LogP contribution in [0.1, 0.15) is 5.56 Å². The Balaban J connectivity index is 3.34. The largest absolute Gasteiger partial charge is 0.286 e. The summed E-state index contributed by atoms with van der Waals surface area (Å²) in [6, 6.07) is 4.58.